The zero-order chi connectivity index (χ0) is 12.0. The summed E-state index contributed by atoms with van der Waals surface area (Å²) < 4.78 is 5.10. The number of carbonyl (C=O) groups is 2. The van der Waals surface area contributed by atoms with Crippen LogP contribution in [0.5, 0.6) is 0 Å². The van der Waals surface area contributed by atoms with Gasteiger partial charge in [0, 0.05) is 12.3 Å². The first kappa shape index (κ1) is 12.6. The molecule has 3 amide bonds. The van der Waals surface area contributed by atoms with E-state index in [1.807, 2.05) is 0 Å². The molecule has 0 spiro atoms. The van der Waals surface area contributed by atoms with E-state index in [-0.39, 0.29) is 18.3 Å². The van der Waals surface area contributed by atoms with Crippen LogP contribution in [0.1, 0.15) is 25.1 Å². The topological polar surface area (TPSA) is 71.3 Å². The quantitative estimate of drug-likeness (QED) is 0.794. The molecule has 5 nitrogen and oxygen atoms in total. The molecule has 0 saturated carbocycles. The SMILES string of the molecule is CC(NC(=O)NC(=O)CCCl)c1ccco1. The molecule has 1 aromatic rings. The molecule has 1 heterocycles. The van der Waals surface area contributed by atoms with Gasteiger partial charge in [0.05, 0.1) is 12.3 Å². The summed E-state index contributed by atoms with van der Waals surface area (Å²) in [7, 11) is 0. The molecule has 1 unspecified atom stereocenters. The number of furan rings is 1. The van der Waals surface area contributed by atoms with Crippen molar-refractivity contribution < 1.29 is 14.0 Å². The predicted molar refractivity (Wildman–Crippen MR) is 59.1 cm³/mol. The third kappa shape index (κ3) is 3.94. The van der Waals surface area contributed by atoms with Crippen molar-refractivity contribution in [1.82, 2.24) is 10.6 Å². The number of hydrogen-bond donors (Lipinski definition) is 2. The maximum Gasteiger partial charge on any atom is 0.322 e. The lowest BCUT2D eigenvalue weighted by Crippen LogP contribution is -2.40. The second-order valence-electron chi connectivity index (χ2n) is 3.20. The predicted octanol–water partition coefficient (Wildman–Crippen LogP) is 1.80. The van der Waals surface area contributed by atoms with E-state index < -0.39 is 11.9 Å². The lowest BCUT2D eigenvalue weighted by atomic mass is 10.2. The Morgan fingerprint density at radius 2 is 2.31 bits per heavy atom. The molecular weight excluding hydrogens is 232 g/mol. The van der Waals surface area contributed by atoms with E-state index in [0.717, 1.165) is 0 Å². The summed E-state index contributed by atoms with van der Waals surface area (Å²) in [5.74, 6) is 0.409. The van der Waals surface area contributed by atoms with Crippen LogP contribution >= 0.6 is 11.6 Å². The van der Waals surface area contributed by atoms with Crippen LogP contribution in [0.4, 0.5) is 4.79 Å². The standard InChI is InChI=1S/C10H13ClN2O3/c1-7(8-3-2-6-16-8)12-10(15)13-9(14)4-5-11/h2-3,6-7H,4-5H2,1H3,(H2,12,13,14,15). The van der Waals surface area contributed by atoms with Gasteiger partial charge >= 0.3 is 6.03 Å². The Hall–Kier alpha value is -1.49. The molecule has 1 aromatic heterocycles. The second kappa shape index (κ2) is 6.17. The van der Waals surface area contributed by atoms with Gasteiger partial charge in [-0.3, -0.25) is 10.1 Å². The molecule has 1 rings (SSSR count). The molecule has 0 aromatic carbocycles. The van der Waals surface area contributed by atoms with Crippen molar-refractivity contribution in [3.63, 3.8) is 0 Å². The van der Waals surface area contributed by atoms with Crippen molar-refractivity contribution in [2.45, 2.75) is 19.4 Å². The number of rotatable bonds is 4. The number of carbonyl (C=O) groups excluding carboxylic acids is 2. The Bertz CT molecular complexity index is 351. The van der Waals surface area contributed by atoms with Crippen LogP contribution in [0.15, 0.2) is 22.8 Å². The smallest absolute Gasteiger partial charge is 0.322 e. The number of urea groups is 1. The van der Waals surface area contributed by atoms with E-state index in [1.165, 1.54) is 6.26 Å². The number of imide groups is 1. The van der Waals surface area contributed by atoms with Crippen LogP contribution in [-0.2, 0) is 4.79 Å². The van der Waals surface area contributed by atoms with Gasteiger partial charge in [0.25, 0.3) is 0 Å². The van der Waals surface area contributed by atoms with Crippen LogP contribution < -0.4 is 10.6 Å². The molecule has 2 N–H and O–H groups in total. The summed E-state index contributed by atoms with van der Waals surface area (Å²) >= 11 is 5.36. The molecule has 6 heteroatoms. The van der Waals surface area contributed by atoms with Gasteiger partial charge in [-0.25, -0.2) is 4.79 Å². The molecule has 1 atom stereocenters. The van der Waals surface area contributed by atoms with E-state index in [9.17, 15) is 9.59 Å². The molecule has 0 radical (unpaired) electrons. The first-order valence-corrected chi connectivity index (χ1v) is 5.36. The van der Waals surface area contributed by atoms with Gasteiger partial charge in [-0.2, -0.15) is 0 Å². The average Bonchev–Trinajstić information content (AvgIpc) is 2.69. The van der Waals surface area contributed by atoms with Crippen molar-refractivity contribution in [2.75, 3.05) is 5.88 Å². The van der Waals surface area contributed by atoms with Crippen LogP contribution in [0.25, 0.3) is 0 Å². The van der Waals surface area contributed by atoms with E-state index in [2.05, 4.69) is 10.6 Å². The highest BCUT2D eigenvalue weighted by molar-refractivity contribution is 6.19. The number of alkyl halides is 1. The highest BCUT2D eigenvalue weighted by atomic mass is 35.5. The lowest BCUT2D eigenvalue weighted by molar-refractivity contribution is -0.119. The zero-order valence-electron chi connectivity index (χ0n) is 8.83. The van der Waals surface area contributed by atoms with Gasteiger partial charge in [0.1, 0.15) is 5.76 Å². The fourth-order valence-electron chi connectivity index (χ4n) is 1.12. The minimum atomic E-state index is -0.556. The summed E-state index contributed by atoms with van der Waals surface area (Å²) in [6, 6.07) is 2.62. The van der Waals surface area contributed by atoms with Crippen molar-refractivity contribution in [2.24, 2.45) is 0 Å². The maximum atomic E-state index is 11.3. The Labute approximate surface area is 98.1 Å². The lowest BCUT2D eigenvalue weighted by Gasteiger charge is -2.11. The Morgan fingerprint density at radius 3 is 2.88 bits per heavy atom. The minimum Gasteiger partial charge on any atom is -0.467 e. The van der Waals surface area contributed by atoms with Gasteiger partial charge in [0.15, 0.2) is 0 Å². The van der Waals surface area contributed by atoms with E-state index in [1.54, 1.807) is 19.1 Å². The summed E-state index contributed by atoms with van der Waals surface area (Å²) in [6.45, 7) is 1.75. The van der Waals surface area contributed by atoms with Crippen LogP contribution in [0, 0.1) is 0 Å². The largest absolute Gasteiger partial charge is 0.467 e. The Morgan fingerprint density at radius 1 is 1.56 bits per heavy atom. The highest BCUT2D eigenvalue weighted by Gasteiger charge is 2.13. The molecule has 0 aliphatic rings. The number of hydrogen-bond acceptors (Lipinski definition) is 3. The fourth-order valence-corrected chi connectivity index (χ4v) is 1.29. The zero-order valence-corrected chi connectivity index (χ0v) is 9.58. The Balaban J connectivity index is 2.37. The molecule has 16 heavy (non-hydrogen) atoms. The number of amides is 3. The van der Waals surface area contributed by atoms with Crippen molar-refractivity contribution in [3.05, 3.63) is 24.2 Å². The molecular formula is C10H13ClN2O3. The van der Waals surface area contributed by atoms with E-state index in [4.69, 9.17) is 16.0 Å². The van der Waals surface area contributed by atoms with Gasteiger partial charge in [-0.1, -0.05) is 0 Å². The minimum absolute atomic E-state index is 0.115. The van der Waals surface area contributed by atoms with Crippen LogP contribution in [0.2, 0.25) is 0 Å². The first-order valence-electron chi connectivity index (χ1n) is 4.83. The number of nitrogens with one attached hydrogen (secondary N) is 2. The average molecular weight is 245 g/mol. The molecule has 0 fully saturated rings. The first-order chi connectivity index (χ1) is 7.63. The van der Waals surface area contributed by atoms with E-state index >= 15 is 0 Å². The van der Waals surface area contributed by atoms with Crippen molar-refractivity contribution in [1.29, 1.82) is 0 Å². The summed E-state index contributed by atoms with van der Waals surface area (Å²) in [6.07, 6.45) is 1.63. The molecule has 88 valence electrons. The number of halogens is 1. The maximum absolute atomic E-state index is 11.3. The third-order valence-electron chi connectivity index (χ3n) is 1.89. The van der Waals surface area contributed by atoms with Crippen LogP contribution in [0.3, 0.4) is 0 Å². The van der Waals surface area contributed by atoms with Crippen molar-refractivity contribution >= 4 is 23.5 Å². The van der Waals surface area contributed by atoms with Gasteiger partial charge in [-0.05, 0) is 19.1 Å². The highest BCUT2D eigenvalue weighted by Crippen LogP contribution is 2.11. The normalized spacial score (nSPS) is 11.9. The molecule has 0 aliphatic heterocycles. The van der Waals surface area contributed by atoms with Crippen LogP contribution in [-0.4, -0.2) is 17.8 Å². The monoisotopic (exact) mass is 244 g/mol. The fraction of sp³-hybridized carbons (Fsp3) is 0.400. The van der Waals surface area contributed by atoms with Gasteiger partial charge < -0.3 is 9.73 Å². The summed E-state index contributed by atoms with van der Waals surface area (Å²) in [5, 5.41) is 4.72. The Kier molecular flexibility index (Phi) is 4.85. The van der Waals surface area contributed by atoms with E-state index in [0.29, 0.717) is 5.76 Å². The van der Waals surface area contributed by atoms with Gasteiger partial charge in [-0.15, -0.1) is 11.6 Å². The molecule has 0 saturated heterocycles. The van der Waals surface area contributed by atoms with Crippen molar-refractivity contribution in [3.8, 4) is 0 Å². The second-order valence-corrected chi connectivity index (χ2v) is 3.58. The summed E-state index contributed by atoms with van der Waals surface area (Å²) in [4.78, 5) is 22.3. The molecule has 0 aliphatic carbocycles. The molecule has 0 bridgehead atoms. The van der Waals surface area contributed by atoms with Gasteiger partial charge in [0.2, 0.25) is 5.91 Å². The summed E-state index contributed by atoms with van der Waals surface area (Å²) in [5.41, 5.74) is 0. The third-order valence-corrected chi connectivity index (χ3v) is 2.08.